The molecule has 0 spiro atoms. The molecule has 0 saturated heterocycles. The molecule has 3 nitrogen and oxygen atoms in total. The van der Waals surface area contributed by atoms with Crippen LogP contribution in [0.3, 0.4) is 0 Å². The molecule has 19 heavy (non-hydrogen) atoms. The first-order chi connectivity index (χ1) is 9.19. The van der Waals surface area contributed by atoms with Crippen LogP contribution in [0.5, 0.6) is 0 Å². The second kappa shape index (κ2) is 5.07. The fourth-order valence-corrected chi connectivity index (χ4v) is 2.69. The van der Waals surface area contributed by atoms with Gasteiger partial charge in [-0.25, -0.2) is 9.97 Å². The van der Waals surface area contributed by atoms with Crippen LogP contribution in [-0.2, 0) is 0 Å². The Morgan fingerprint density at radius 1 is 1.16 bits per heavy atom. The highest BCUT2D eigenvalue weighted by Crippen LogP contribution is 2.40. The van der Waals surface area contributed by atoms with Gasteiger partial charge in [-0.2, -0.15) is 0 Å². The van der Waals surface area contributed by atoms with Gasteiger partial charge in [0.25, 0.3) is 0 Å². The molecule has 1 aliphatic rings. The van der Waals surface area contributed by atoms with E-state index in [9.17, 15) is 0 Å². The van der Waals surface area contributed by atoms with Gasteiger partial charge in [-0.1, -0.05) is 24.3 Å². The zero-order valence-electron chi connectivity index (χ0n) is 11.1. The third-order valence-electron chi connectivity index (χ3n) is 3.47. The molecule has 0 aliphatic heterocycles. The van der Waals surface area contributed by atoms with Gasteiger partial charge in [0.15, 0.2) is 5.82 Å². The third kappa shape index (κ3) is 2.59. The van der Waals surface area contributed by atoms with Crippen molar-refractivity contribution < 1.29 is 0 Å². The highest BCUT2D eigenvalue weighted by atomic mass is 127. The number of nitrogens with zero attached hydrogens (tertiary/aromatic N) is 2. The van der Waals surface area contributed by atoms with Crippen molar-refractivity contribution in [2.45, 2.75) is 25.7 Å². The van der Waals surface area contributed by atoms with Crippen LogP contribution in [0.15, 0.2) is 24.3 Å². The number of aromatic nitrogens is 2. The summed E-state index contributed by atoms with van der Waals surface area (Å²) in [7, 11) is 1.89. The van der Waals surface area contributed by atoms with Crippen LogP contribution in [0.1, 0.15) is 30.0 Å². The molecule has 98 valence electrons. The Balaban J connectivity index is 1.98. The first-order valence-electron chi connectivity index (χ1n) is 6.51. The molecule has 4 heteroatoms. The second-order valence-electron chi connectivity index (χ2n) is 4.94. The molecular weight excluding hydrogens is 349 g/mol. The monoisotopic (exact) mass is 365 g/mol. The highest BCUT2D eigenvalue weighted by Gasteiger charge is 2.23. The first-order valence-corrected chi connectivity index (χ1v) is 7.59. The number of nitrogens with one attached hydrogen (secondary N) is 1. The Kier molecular flexibility index (Phi) is 3.43. The Morgan fingerprint density at radius 3 is 2.42 bits per heavy atom. The van der Waals surface area contributed by atoms with E-state index in [0.717, 1.165) is 32.4 Å². The van der Waals surface area contributed by atoms with E-state index in [0.29, 0.717) is 0 Å². The summed E-state index contributed by atoms with van der Waals surface area (Å²) in [5.74, 6) is 2.49. The predicted octanol–water partition coefficient (Wildman–Crippen LogP) is 3.98. The molecule has 0 unspecified atom stereocenters. The molecule has 3 rings (SSSR count). The van der Waals surface area contributed by atoms with Crippen molar-refractivity contribution in [1.29, 1.82) is 0 Å². The number of anilines is 1. The highest BCUT2D eigenvalue weighted by molar-refractivity contribution is 14.1. The fourth-order valence-electron chi connectivity index (χ4n) is 2.18. The van der Waals surface area contributed by atoms with Crippen LogP contribution in [0.4, 0.5) is 5.82 Å². The molecule has 1 heterocycles. The maximum Gasteiger partial charge on any atom is 0.161 e. The standard InChI is InChI=1S/C15H16IN3/c1-9-13(16)15(17-2)19-14(18-9)12-7-5-11(6-8-12)10-3-4-10/h5-8,10H,3-4H2,1-2H3,(H,17,18,19). The van der Waals surface area contributed by atoms with Crippen LogP contribution >= 0.6 is 22.6 Å². The van der Waals surface area contributed by atoms with Gasteiger partial charge in [-0.3, -0.25) is 0 Å². The molecule has 1 aromatic carbocycles. The van der Waals surface area contributed by atoms with E-state index in [4.69, 9.17) is 0 Å². The molecule has 1 fully saturated rings. The van der Waals surface area contributed by atoms with E-state index in [1.165, 1.54) is 18.4 Å². The summed E-state index contributed by atoms with van der Waals surface area (Å²) >= 11 is 2.28. The zero-order valence-corrected chi connectivity index (χ0v) is 13.2. The average molecular weight is 365 g/mol. The Morgan fingerprint density at radius 2 is 1.84 bits per heavy atom. The molecule has 1 saturated carbocycles. The molecule has 1 aromatic heterocycles. The topological polar surface area (TPSA) is 37.8 Å². The van der Waals surface area contributed by atoms with Crippen LogP contribution in [0.25, 0.3) is 11.4 Å². The normalized spacial score (nSPS) is 14.5. The van der Waals surface area contributed by atoms with Gasteiger partial charge in [0.1, 0.15) is 5.82 Å². The summed E-state index contributed by atoms with van der Waals surface area (Å²) < 4.78 is 1.08. The molecular formula is C15H16IN3. The van der Waals surface area contributed by atoms with Crippen LogP contribution in [0, 0.1) is 10.5 Å². The van der Waals surface area contributed by atoms with Crippen LogP contribution in [-0.4, -0.2) is 17.0 Å². The molecule has 0 radical (unpaired) electrons. The predicted molar refractivity (Wildman–Crippen MR) is 86.4 cm³/mol. The number of benzene rings is 1. The summed E-state index contributed by atoms with van der Waals surface area (Å²) in [4.78, 5) is 9.17. The Hall–Kier alpha value is -1.17. The summed E-state index contributed by atoms with van der Waals surface area (Å²) in [6.45, 7) is 2.02. The smallest absolute Gasteiger partial charge is 0.161 e. The van der Waals surface area contributed by atoms with Crippen molar-refractivity contribution in [3.8, 4) is 11.4 Å². The minimum atomic E-state index is 0.793. The van der Waals surface area contributed by atoms with E-state index in [2.05, 4.69) is 62.1 Å². The lowest BCUT2D eigenvalue weighted by Crippen LogP contribution is -2.02. The third-order valence-corrected chi connectivity index (χ3v) is 4.76. The largest absolute Gasteiger partial charge is 0.372 e. The molecule has 0 atom stereocenters. The van der Waals surface area contributed by atoms with Crippen molar-refractivity contribution in [2.75, 3.05) is 12.4 Å². The van der Waals surface area contributed by atoms with Crippen LogP contribution < -0.4 is 5.32 Å². The van der Waals surface area contributed by atoms with Gasteiger partial charge >= 0.3 is 0 Å². The number of hydrogen-bond donors (Lipinski definition) is 1. The minimum Gasteiger partial charge on any atom is -0.372 e. The maximum atomic E-state index is 4.58. The second-order valence-corrected chi connectivity index (χ2v) is 6.02. The summed E-state index contributed by atoms with van der Waals surface area (Å²) in [6.07, 6.45) is 2.67. The number of hydrogen-bond acceptors (Lipinski definition) is 3. The molecule has 1 aliphatic carbocycles. The Bertz CT molecular complexity index is 604. The van der Waals surface area contributed by atoms with Crippen molar-refractivity contribution in [1.82, 2.24) is 9.97 Å². The van der Waals surface area contributed by atoms with Crippen molar-refractivity contribution >= 4 is 28.4 Å². The van der Waals surface area contributed by atoms with Crippen molar-refractivity contribution in [3.63, 3.8) is 0 Å². The van der Waals surface area contributed by atoms with Gasteiger partial charge in [-0.15, -0.1) is 0 Å². The summed E-state index contributed by atoms with van der Waals surface area (Å²) in [5.41, 5.74) is 3.54. The average Bonchev–Trinajstić information content (AvgIpc) is 3.26. The number of rotatable bonds is 3. The molecule has 1 N–H and O–H groups in total. The lowest BCUT2D eigenvalue weighted by Gasteiger charge is -2.09. The van der Waals surface area contributed by atoms with E-state index in [1.54, 1.807) is 0 Å². The van der Waals surface area contributed by atoms with Gasteiger partial charge in [0, 0.05) is 12.6 Å². The van der Waals surface area contributed by atoms with Crippen molar-refractivity contribution in [2.24, 2.45) is 0 Å². The number of aryl methyl sites for hydroxylation is 1. The molecule has 2 aromatic rings. The van der Waals surface area contributed by atoms with E-state index in [-0.39, 0.29) is 0 Å². The lowest BCUT2D eigenvalue weighted by molar-refractivity contribution is 1.08. The molecule has 0 bridgehead atoms. The minimum absolute atomic E-state index is 0.793. The fraction of sp³-hybridized carbons (Fsp3) is 0.333. The SMILES string of the molecule is CNc1nc(-c2ccc(C3CC3)cc2)nc(C)c1I. The number of halogens is 1. The van der Waals surface area contributed by atoms with Crippen LogP contribution in [0.2, 0.25) is 0 Å². The summed E-state index contributed by atoms with van der Waals surface area (Å²) in [6, 6.07) is 8.69. The van der Waals surface area contributed by atoms with Crippen molar-refractivity contribution in [3.05, 3.63) is 39.1 Å². The molecule has 0 amide bonds. The van der Waals surface area contributed by atoms with Gasteiger partial charge in [-0.05, 0) is 53.8 Å². The van der Waals surface area contributed by atoms with Gasteiger partial charge < -0.3 is 5.32 Å². The first kappa shape index (κ1) is 12.8. The summed E-state index contributed by atoms with van der Waals surface area (Å²) in [5, 5.41) is 3.13. The quantitative estimate of drug-likeness (QED) is 0.837. The van der Waals surface area contributed by atoms with Gasteiger partial charge in [0.2, 0.25) is 0 Å². The zero-order chi connectivity index (χ0) is 13.4. The van der Waals surface area contributed by atoms with E-state index >= 15 is 0 Å². The maximum absolute atomic E-state index is 4.58. The van der Waals surface area contributed by atoms with E-state index < -0.39 is 0 Å². The Labute approximate surface area is 127 Å². The van der Waals surface area contributed by atoms with E-state index in [1.807, 2.05) is 14.0 Å². The van der Waals surface area contributed by atoms with Gasteiger partial charge in [0.05, 0.1) is 9.26 Å². The lowest BCUT2D eigenvalue weighted by atomic mass is 10.1.